The molecule has 2 saturated carbocycles. The van der Waals surface area contributed by atoms with E-state index in [4.69, 9.17) is 4.84 Å². The molecule has 2 fully saturated rings. The van der Waals surface area contributed by atoms with Crippen LogP contribution >= 0.6 is 0 Å². The number of hydrogen-bond donors (Lipinski definition) is 4. The van der Waals surface area contributed by atoms with Crippen LogP contribution in [0.3, 0.4) is 0 Å². The summed E-state index contributed by atoms with van der Waals surface area (Å²) in [5.41, 5.74) is 5.33. The lowest BCUT2D eigenvalue weighted by Crippen LogP contribution is -2.36. The molecular formula is C16H23N5O3S. The molecule has 2 aromatic heterocycles. The van der Waals surface area contributed by atoms with E-state index in [1.54, 1.807) is 13.3 Å². The summed E-state index contributed by atoms with van der Waals surface area (Å²) in [4.78, 5) is 12.5. The second-order valence-electron chi connectivity index (χ2n) is 6.81. The van der Waals surface area contributed by atoms with Crippen molar-refractivity contribution in [1.29, 1.82) is 0 Å². The van der Waals surface area contributed by atoms with Crippen LogP contribution in [0.1, 0.15) is 32.1 Å². The summed E-state index contributed by atoms with van der Waals surface area (Å²) in [5, 5.41) is 4.35. The van der Waals surface area contributed by atoms with Crippen LogP contribution in [0.25, 0.3) is 11.0 Å². The highest BCUT2D eigenvalue weighted by Gasteiger charge is 2.38. The molecule has 4 N–H and O–H groups in total. The van der Waals surface area contributed by atoms with Gasteiger partial charge in [0.25, 0.3) is 0 Å². The topological polar surface area (TPSA) is 108 Å². The second-order valence-corrected chi connectivity index (χ2v) is 8.80. The van der Waals surface area contributed by atoms with Crippen molar-refractivity contribution in [1.82, 2.24) is 14.7 Å². The van der Waals surface area contributed by atoms with Crippen molar-refractivity contribution in [2.45, 2.75) is 49.4 Å². The first-order chi connectivity index (χ1) is 12.1. The van der Waals surface area contributed by atoms with Gasteiger partial charge in [-0.05, 0) is 38.2 Å². The van der Waals surface area contributed by atoms with Gasteiger partial charge in [0, 0.05) is 23.7 Å². The average molecular weight is 365 g/mol. The Morgan fingerprint density at radius 1 is 1.24 bits per heavy atom. The molecule has 0 aliphatic heterocycles. The highest BCUT2D eigenvalue weighted by molar-refractivity contribution is 7.90. The first kappa shape index (κ1) is 16.6. The summed E-state index contributed by atoms with van der Waals surface area (Å²) in [7, 11) is -1.58. The molecular weight excluding hydrogens is 342 g/mol. The highest BCUT2D eigenvalue weighted by Crippen LogP contribution is 2.34. The third-order valence-corrected chi connectivity index (χ3v) is 6.88. The van der Waals surface area contributed by atoms with Gasteiger partial charge in [0.1, 0.15) is 11.3 Å². The normalized spacial score (nSPS) is 23.9. The maximum absolute atomic E-state index is 12.1. The Balaban J connectivity index is 1.48. The summed E-state index contributed by atoms with van der Waals surface area (Å²) < 4.78 is 27.1. The van der Waals surface area contributed by atoms with Crippen molar-refractivity contribution < 1.29 is 13.3 Å². The number of hydrogen-bond acceptors (Lipinski definition) is 6. The predicted octanol–water partition coefficient (Wildman–Crippen LogP) is 1.95. The minimum atomic E-state index is -3.13. The number of aromatic nitrogens is 2. The van der Waals surface area contributed by atoms with Crippen molar-refractivity contribution in [3.63, 3.8) is 0 Å². The number of anilines is 2. The van der Waals surface area contributed by atoms with E-state index >= 15 is 0 Å². The molecule has 0 amide bonds. The van der Waals surface area contributed by atoms with E-state index in [0.29, 0.717) is 0 Å². The fourth-order valence-corrected chi connectivity index (χ4v) is 5.11. The summed E-state index contributed by atoms with van der Waals surface area (Å²) >= 11 is 0. The summed E-state index contributed by atoms with van der Waals surface area (Å²) in [5.74, 6) is 0. The monoisotopic (exact) mass is 365 g/mol. The Labute approximate surface area is 146 Å². The van der Waals surface area contributed by atoms with E-state index in [1.165, 1.54) is 0 Å². The van der Waals surface area contributed by atoms with Crippen LogP contribution in [0.15, 0.2) is 18.5 Å². The van der Waals surface area contributed by atoms with Crippen molar-refractivity contribution in [3.05, 3.63) is 18.5 Å². The molecule has 9 heteroatoms. The van der Waals surface area contributed by atoms with Gasteiger partial charge in [-0.3, -0.25) is 10.3 Å². The van der Waals surface area contributed by atoms with E-state index < -0.39 is 10.0 Å². The van der Waals surface area contributed by atoms with Crippen molar-refractivity contribution in [2.24, 2.45) is 0 Å². The molecule has 0 radical (unpaired) electrons. The molecule has 2 aliphatic carbocycles. The molecule has 2 aromatic rings. The second kappa shape index (κ2) is 6.47. The zero-order valence-electron chi connectivity index (χ0n) is 14.1. The fourth-order valence-electron chi connectivity index (χ4n) is 3.48. The lowest BCUT2D eigenvalue weighted by atomic mass is 10.2. The average Bonchev–Trinajstić information content (AvgIpc) is 3.20. The Kier molecular flexibility index (Phi) is 4.30. The predicted molar refractivity (Wildman–Crippen MR) is 96.9 cm³/mol. The molecule has 2 aliphatic rings. The van der Waals surface area contributed by atoms with Gasteiger partial charge < -0.3 is 10.3 Å². The van der Waals surface area contributed by atoms with Gasteiger partial charge in [-0.2, -0.15) is 0 Å². The van der Waals surface area contributed by atoms with E-state index in [2.05, 4.69) is 25.5 Å². The van der Waals surface area contributed by atoms with Gasteiger partial charge in [-0.15, -0.1) is 0 Å². The minimum Gasteiger partial charge on any atom is -0.380 e. The molecule has 136 valence electrons. The zero-order valence-corrected chi connectivity index (χ0v) is 14.9. The van der Waals surface area contributed by atoms with Gasteiger partial charge in [-0.25, -0.2) is 18.1 Å². The van der Waals surface area contributed by atoms with Crippen LogP contribution < -0.4 is 15.5 Å². The van der Waals surface area contributed by atoms with Gasteiger partial charge in [0.15, 0.2) is 0 Å². The van der Waals surface area contributed by atoms with Gasteiger partial charge in [-0.1, -0.05) is 0 Å². The minimum absolute atomic E-state index is 0.00508. The van der Waals surface area contributed by atoms with Crippen LogP contribution in [-0.4, -0.2) is 42.8 Å². The number of fused-ring (bicyclic) bond motifs is 1. The first-order valence-corrected chi connectivity index (χ1v) is 10.1. The third kappa shape index (κ3) is 3.44. The van der Waals surface area contributed by atoms with E-state index in [-0.39, 0.29) is 17.3 Å². The molecule has 0 spiro atoms. The van der Waals surface area contributed by atoms with Crippen molar-refractivity contribution in [2.75, 3.05) is 17.9 Å². The fraction of sp³-hybridized carbons (Fsp3) is 0.562. The smallest absolute Gasteiger partial charge is 0.214 e. The Morgan fingerprint density at radius 2 is 2.04 bits per heavy atom. The summed E-state index contributed by atoms with van der Waals surface area (Å²) in [6.45, 7) is 0. The molecule has 4 rings (SSSR count). The van der Waals surface area contributed by atoms with Gasteiger partial charge >= 0.3 is 0 Å². The summed E-state index contributed by atoms with van der Waals surface area (Å²) in [6.07, 6.45) is 7.67. The third-order valence-electron chi connectivity index (χ3n) is 4.87. The Hall–Kier alpha value is -1.84. The number of pyridine rings is 1. The molecule has 0 saturated heterocycles. The molecule has 0 aromatic carbocycles. The quantitative estimate of drug-likeness (QED) is 0.559. The lowest BCUT2D eigenvalue weighted by molar-refractivity contribution is 0.271. The molecule has 8 nitrogen and oxygen atoms in total. The van der Waals surface area contributed by atoms with Crippen LogP contribution in [-0.2, 0) is 14.9 Å². The molecule has 25 heavy (non-hydrogen) atoms. The maximum Gasteiger partial charge on any atom is 0.214 e. The lowest BCUT2D eigenvalue weighted by Gasteiger charge is -2.19. The number of aromatic amines is 1. The van der Waals surface area contributed by atoms with Crippen molar-refractivity contribution >= 4 is 32.4 Å². The Morgan fingerprint density at radius 3 is 2.80 bits per heavy atom. The molecule has 2 atom stereocenters. The van der Waals surface area contributed by atoms with Gasteiger partial charge in [0.2, 0.25) is 10.0 Å². The highest BCUT2D eigenvalue weighted by atomic mass is 32.2. The summed E-state index contributed by atoms with van der Waals surface area (Å²) in [6, 6.07) is 2.17. The number of sulfonamides is 1. The zero-order chi connectivity index (χ0) is 17.4. The molecule has 0 unspecified atom stereocenters. The van der Waals surface area contributed by atoms with Crippen LogP contribution in [0.2, 0.25) is 0 Å². The molecule has 0 bridgehead atoms. The number of nitrogens with one attached hydrogen (secondary N) is 4. The van der Waals surface area contributed by atoms with Gasteiger partial charge in [0.05, 0.1) is 24.2 Å². The Bertz CT molecular complexity index is 862. The standard InChI is InChI=1S/C16H23N5O3S/c1-24-20-14-9-18-16-13(6-7-17-16)15(14)19-10-2-3-11(8-10)21-25(22,23)12-4-5-12/h6-7,9-12,20-21H,2-5,8H2,1H3,(H2,17,18,19)/t10-,11+/m1/s1. The van der Waals surface area contributed by atoms with Crippen LogP contribution in [0.4, 0.5) is 11.4 Å². The van der Waals surface area contributed by atoms with E-state index in [1.807, 2.05) is 12.3 Å². The number of nitrogens with zero attached hydrogens (tertiary/aromatic N) is 1. The molecule has 2 heterocycles. The first-order valence-electron chi connectivity index (χ1n) is 8.59. The SMILES string of the molecule is CONc1cnc2[nH]ccc2c1N[C@@H]1CC[C@H](NS(=O)(=O)C2CC2)C1. The van der Waals surface area contributed by atoms with Crippen LogP contribution in [0.5, 0.6) is 0 Å². The number of rotatable bonds is 7. The van der Waals surface area contributed by atoms with Crippen molar-refractivity contribution in [3.8, 4) is 0 Å². The largest absolute Gasteiger partial charge is 0.380 e. The van der Waals surface area contributed by atoms with Crippen LogP contribution in [0, 0.1) is 0 Å². The maximum atomic E-state index is 12.1. The van der Waals surface area contributed by atoms with E-state index in [0.717, 1.165) is 54.5 Å². The van der Waals surface area contributed by atoms with E-state index in [9.17, 15) is 8.42 Å². The number of H-pyrrole nitrogens is 1.